The molecule has 5 aliphatic rings. The Morgan fingerprint density at radius 1 is 1.08 bits per heavy atom. The van der Waals surface area contributed by atoms with Crippen LogP contribution in [0.2, 0.25) is 0 Å². The first-order valence-corrected chi connectivity index (χ1v) is 14.8. The molecule has 0 amide bonds. The maximum atomic E-state index is 14.5. The van der Waals surface area contributed by atoms with E-state index < -0.39 is 16.2 Å². The van der Waals surface area contributed by atoms with Gasteiger partial charge >= 0.3 is 5.97 Å². The predicted octanol–water partition coefficient (Wildman–Crippen LogP) is 6.71. The number of carbonyl (C=O) groups is 2. The lowest BCUT2D eigenvalue weighted by molar-refractivity contribution is -0.192. The number of fused-ring (bicyclic) bond motifs is 7. The van der Waals surface area contributed by atoms with E-state index in [2.05, 4.69) is 40.7 Å². The number of rotatable bonds is 3. The van der Waals surface area contributed by atoms with E-state index in [0.29, 0.717) is 18.6 Å². The minimum Gasteiger partial charge on any atom is -0.511 e. The largest absolute Gasteiger partial charge is 0.511 e. The minimum absolute atomic E-state index is 0.0423. The third-order valence-electron chi connectivity index (χ3n) is 13.0. The Morgan fingerprint density at radius 2 is 1.74 bits per heavy atom. The van der Waals surface area contributed by atoms with Crippen molar-refractivity contribution in [3.05, 3.63) is 23.0 Å². The van der Waals surface area contributed by atoms with Crippen LogP contribution < -0.4 is 0 Å². The van der Waals surface area contributed by atoms with Crippen molar-refractivity contribution >= 4 is 11.8 Å². The number of nitriles is 1. The number of hydrogen-bond acceptors (Lipinski definition) is 6. The Kier molecular flexibility index (Phi) is 6.32. The summed E-state index contributed by atoms with van der Waals surface area (Å²) in [6.07, 6.45) is 8.25. The van der Waals surface area contributed by atoms with Gasteiger partial charge in [0.25, 0.3) is 0 Å². The molecular weight excluding hydrogens is 490 g/mol. The van der Waals surface area contributed by atoms with Crippen LogP contribution >= 0.6 is 0 Å². The van der Waals surface area contributed by atoms with Crippen molar-refractivity contribution in [1.29, 1.82) is 5.26 Å². The molecule has 39 heavy (non-hydrogen) atoms. The molecule has 5 aliphatic carbocycles. The molecular formula is C33H47NO5. The third-order valence-corrected chi connectivity index (χ3v) is 13.0. The van der Waals surface area contributed by atoms with Gasteiger partial charge in [-0.1, -0.05) is 40.2 Å². The zero-order valence-corrected chi connectivity index (χ0v) is 25.2. The Hall–Kier alpha value is -2.13. The highest BCUT2D eigenvalue weighted by molar-refractivity contribution is 5.96. The summed E-state index contributed by atoms with van der Waals surface area (Å²) >= 11 is 0. The zero-order valence-electron chi connectivity index (χ0n) is 25.2. The fourth-order valence-electron chi connectivity index (χ4n) is 10.8. The minimum atomic E-state index is -0.699. The first-order valence-electron chi connectivity index (χ1n) is 14.8. The molecule has 0 aromatic carbocycles. The van der Waals surface area contributed by atoms with Gasteiger partial charge < -0.3 is 14.6 Å². The topological polar surface area (TPSA) is 96.6 Å². The summed E-state index contributed by atoms with van der Waals surface area (Å²) in [6.45, 7) is 13.7. The Morgan fingerprint density at radius 3 is 2.36 bits per heavy atom. The molecule has 1 N–H and O–H groups in total. The fraction of sp³-hybridized carbons (Fsp3) is 0.788. The average Bonchev–Trinajstić information content (AvgIpc) is 2.87. The van der Waals surface area contributed by atoms with Crippen LogP contribution in [0.4, 0.5) is 0 Å². The standard InChI is InChI=1S/C33H47NO5/c1-28(2)11-13-33(27(37)39-8)14-12-32(6)25(21(33)17-28)22(35)15-24-29(3)16-20(18-34)26(36)30(4,19-38-7)23(29)9-10-31(24,32)5/h15,21,23,25,36H,9-14,16-17,19H2,1-8H3/t21-,23+,25-,29-,30-,31+,32+,33-/m0/s1. The molecule has 6 nitrogen and oxygen atoms in total. The van der Waals surface area contributed by atoms with Gasteiger partial charge in [0, 0.05) is 13.0 Å². The molecule has 0 aromatic rings. The van der Waals surface area contributed by atoms with Gasteiger partial charge in [0.1, 0.15) is 5.76 Å². The molecule has 5 rings (SSSR count). The monoisotopic (exact) mass is 537 g/mol. The lowest BCUT2D eigenvalue weighted by Crippen LogP contribution is -2.66. The maximum absolute atomic E-state index is 14.5. The number of allylic oxidation sites excluding steroid dienone is 3. The highest BCUT2D eigenvalue weighted by atomic mass is 16.5. The number of hydrogen-bond donors (Lipinski definition) is 1. The fourth-order valence-corrected chi connectivity index (χ4v) is 10.8. The molecule has 3 fully saturated rings. The van der Waals surface area contributed by atoms with Gasteiger partial charge in [-0.15, -0.1) is 0 Å². The van der Waals surface area contributed by atoms with E-state index in [-0.39, 0.29) is 51.5 Å². The van der Waals surface area contributed by atoms with Crippen molar-refractivity contribution in [3.63, 3.8) is 0 Å². The van der Waals surface area contributed by atoms with Crippen LogP contribution in [0.25, 0.3) is 0 Å². The second-order valence-electron chi connectivity index (χ2n) is 15.3. The quantitative estimate of drug-likeness (QED) is 0.402. The number of carbonyl (C=O) groups excluding carboxylic acids is 2. The molecule has 0 spiro atoms. The molecule has 214 valence electrons. The molecule has 0 aliphatic heterocycles. The average molecular weight is 538 g/mol. The first kappa shape index (κ1) is 28.4. The summed E-state index contributed by atoms with van der Waals surface area (Å²) in [4.78, 5) is 27.9. The number of ether oxygens (including phenoxy) is 2. The van der Waals surface area contributed by atoms with Crippen LogP contribution in [0.3, 0.4) is 0 Å². The summed E-state index contributed by atoms with van der Waals surface area (Å²) in [5.41, 5.74) is -0.728. The predicted molar refractivity (Wildman–Crippen MR) is 148 cm³/mol. The summed E-state index contributed by atoms with van der Waals surface area (Å²) < 4.78 is 11.0. The summed E-state index contributed by atoms with van der Waals surface area (Å²) in [6, 6.07) is 2.29. The molecule has 3 saturated carbocycles. The van der Waals surface area contributed by atoms with E-state index in [1.54, 1.807) is 7.11 Å². The SMILES string of the molecule is COC[C@]1(C)C(O)=C(C#N)C[C@]2(C)C3=CC(=O)[C@@H]4[C@@H]5CC(C)(C)CC[C@]5(C(=O)OC)CC[C@@]4(C)[C@]3(C)CC[C@H]21. The number of aliphatic hydroxyl groups is 1. The van der Waals surface area contributed by atoms with Gasteiger partial charge in [-0.05, 0) is 97.9 Å². The van der Waals surface area contributed by atoms with E-state index in [9.17, 15) is 20.0 Å². The second-order valence-corrected chi connectivity index (χ2v) is 15.3. The van der Waals surface area contributed by atoms with Crippen LogP contribution in [0.5, 0.6) is 0 Å². The molecule has 0 heterocycles. The smallest absolute Gasteiger partial charge is 0.312 e. The van der Waals surface area contributed by atoms with Gasteiger partial charge in [-0.25, -0.2) is 0 Å². The number of methoxy groups -OCH3 is 2. The van der Waals surface area contributed by atoms with Crippen molar-refractivity contribution in [3.8, 4) is 6.07 Å². The molecule has 6 heteroatoms. The van der Waals surface area contributed by atoms with E-state index in [4.69, 9.17) is 9.47 Å². The maximum Gasteiger partial charge on any atom is 0.312 e. The molecule has 0 aromatic heterocycles. The molecule has 0 radical (unpaired) electrons. The van der Waals surface area contributed by atoms with Crippen LogP contribution in [0.15, 0.2) is 23.0 Å². The van der Waals surface area contributed by atoms with E-state index in [1.165, 1.54) is 7.11 Å². The van der Waals surface area contributed by atoms with E-state index >= 15 is 0 Å². The number of aliphatic hydroxyl groups excluding tert-OH is 1. The lowest BCUT2D eigenvalue weighted by Gasteiger charge is -2.69. The molecule has 8 atom stereocenters. The van der Waals surface area contributed by atoms with Crippen molar-refractivity contribution in [2.75, 3.05) is 20.8 Å². The van der Waals surface area contributed by atoms with Crippen LogP contribution in [0.1, 0.15) is 92.9 Å². The summed E-state index contributed by atoms with van der Waals surface area (Å²) in [5.74, 6) is -0.116. The number of ketones is 1. The van der Waals surface area contributed by atoms with Gasteiger partial charge in [0.15, 0.2) is 5.78 Å². The van der Waals surface area contributed by atoms with Crippen LogP contribution in [-0.4, -0.2) is 37.7 Å². The summed E-state index contributed by atoms with van der Waals surface area (Å²) in [5, 5.41) is 21.3. The number of nitrogens with zero attached hydrogens (tertiary/aromatic N) is 1. The molecule has 0 bridgehead atoms. The highest BCUT2D eigenvalue weighted by Gasteiger charge is 2.71. The molecule has 0 saturated heterocycles. The number of esters is 1. The summed E-state index contributed by atoms with van der Waals surface area (Å²) in [7, 11) is 3.13. The Balaban J connectivity index is 1.68. The Bertz CT molecular complexity index is 1210. The van der Waals surface area contributed by atoms with Crippen LogP contribution in [0, 0.1) is 61.6 Å². The van der Waals surface area contributed by atoms with Crippen molar-refractivity contribution in [2.24, 2.45) is 50.2 Å². The van der Waals surface area contributed by atoms with E-state index in [0.717, 1.165) is 50.5 Å². The third kappa shape index (κ3) is 3.47. The van der Waals surface area contributed by atoms with Gasteiger partial charge in [-0.2, -0.15) is 5.26 Å². The van der Waals surface area contributed by atoms with Gasteiger partial charge in [0.2, 0.25) is 0 Å². The zero-order chi connectivity index (χ0) is 28.8. The van der Waals surface area contributed by atoms with Gasteiger partial charge in [-0.3, -0.25) is 9.59 Å². The van der Waals surface area contributed by atoms with Crippen molar-refractivity contribution < 1.29 is 24.2 Å². The first-order chi connectivity index (χ1) is 18.1. The Labute approximate surface area is 234 Å². The lowest BCUT2D eigenvalue weighted by atomic mass is 9.34. The van der Waals surface area contributed by atoms with Gasteiger partial charge in [0.05, 0.1) is 36.2 Å². The highest BCUT2D eigenvalue weighted by Crippen LogP contribution is 2.75. The van der Waals surface area contributed by atoms with Crippen molar-refractivity contribution in [1.82, 2.24) is 0 Å². The van der Waals surface area contributed by atoms with Crippen molar-refractivity contribution in [2.45, 2.75) is 92.9 Å². The normalized spacial score (nSPS) is 46.6. The van der Waals surface area contributed by atoms with E-state index in [1.807, 2.05) is 13.0 Å². The molecule has 0 unspecified atom stereocenters. The second kappa shape index (κ2) is 8.68. The van der Waals surface area contributed by atoms with Crippen LogP contribution in [-0.2, 0) is 19.1 Å².